The van der Waals surface area contributed by atoms with Crippen LogP contribution in [0.1, 0.15) is 31.9 Å². The third-order valence-electron chi connectivity index (χ3n) is 4.27. The van der Waals surface area contributed by atoms with Gasteiger partial charge in [0.15, 0.2) is 0 Å². The fourth-order valence-corrected chi connectivity index (χ4v) is 3.18. The van der Waals surface area contributed by atoms with E-state index >= 15 is 0 Å². The Morgan fingerprint density at radius 1 is 1.12 bits per heavy atom. The van der Waals surface area contributed by atoms with Crippen LogP contribution < -0.4 is 9.47 Å². The first kappa shape index (κ1) is 17.8. The molecule has 1 N–H and O–H groups in total. The largest absolute Gasteiger partial charge is 0.491 e. The Balaban J connectivity index is 1.83. The van der Waals surface area contributed by atoms with Gasteiger partial charge in [-0.1, -0.05) is 12.1 Å². The van der Waals surface area contributed by atoms with Crippen molar-refractivity contribution in [3.63, 3.8) is 0 Å². The van der Waals surface area contributed by atoms with Crippen molar-refractivity contribution >= 4 is 0 Å². The molecule has 0 aromatic heterocycles. The lowest BCUT2D eigenvalue weighted by atomic mass is 9.95. The molecule has 1 aliphatic heterocycles. The molecule has 0 amide bonds. The van der Waals surface area contributed by atoms with E-state index in [0.717, 1.165) is 40.2 Å². The molecule has 0 spiro atoms. The molecule has 2 aromatic rings. The van der Waals surface area contributed by atoms with Crippen LogP contribution in [0.4, 0.5) is 0 Å². The highest BCUT2D eigenvalue weighted by Crippen LogP contribution is 2.43. The van der Waals surface area contributed by atoms with Gasteiger partial charge in [-0.2, -0.15) is 0 Å². The van der Waals surface area contributed by atoms with Gasteiger partial charge >= 0.3 is 0 Å². The van der Waals surface area contributed by atoms with Crippen LogP contribution >= 0.6 is 0 Å². The SMILES string of the molecule is CCOCCOc1ccc(-c2cc(CO)cc3c2OC(C)(C)C3)cc1. The summed E-state index contributed by atoms with van der Waals surface area (Å²) < 4.78 is 17.1. The fourth-order valence-electron chi connectivity index (χ4n) is 3.18. The van der Waals surface area contributed by atoms with Crippen molar-refractivity contribution in [2.75, 3.05) is 19.8 Å². The first-order valence-corrected chi connectivity index (χ1v) is 8.79. The van der Waals surface area contributed by atoms with Gasteiger partial charge in [0.2, 0.25) is 0 Å². The average molecular weight is 342 g/mol. The summed E-state index contributed by atoms with van der Waals surface area (Å²) in [5, 5.41) is 9.58. The van der Waals surface area contributed by atoms with Crippen LogP contribution in [0.2, 0.25) is 0 Å². The lowest BCUT2D eigenvalue weighted by Crippen LogP contribution is -2.24. The molecule has 3 rings (SSSR count). The number of hydrogen-bond donors (Lipinski definition) is 1. The number of fused-ring (bicyclic) bond motifs is 1. The second kappa shape index (κ2) is 7.46. The molecule has 2 aromatic carbocycles. The van der Waals surface area contributed by atoms with Crippen molar-refractivity contribution < 1.29 is 19.3 Å². The normalized spacial score (nSPS) is 14.9. The predicted octanol–water partition coefficient (Wildman–Crippen LogP) is 3.97. The smallest absolute Gasteiger partial charge is 0.131 e. The highest BCUT2D eigenvalue weighted by Gasteiger charge is 2.32. The molecule has 0 saturated heterocycles. The van der Waals surface area contributed by atoms with E-state index in [9.17, 15) is 5.11 Å². The van der Waals surface area contributed by atoms with E-state index in [1.807, 2.05) is 43.3 Å². The molecule has 4 nitrogen and oxygen atoms in total. The summed E-state index contributed by atoms with van der Waals surface area (Å²) in [6.45, 7) is 8.00. The molecule has 0 fully saturated rings. The number of aliphatic hydroxyl groups is 1. The average Bonchev–Trinajstić information content (AvgIpc) is 2.92. The Morgan fingerprint density at radius 3 is 2.56 bits per heavy atom. The molecule has 1 aliphatic rings. The number of rotatable bonds is 7. The standard InChI is InChI=1S/C21H26O4/c1-4-23-9-10-24-18-7-5-16(6-8-18)19-12-15(14-22)11-17-13-21(2,3)25-20(17)19/h5-8,11-12,22H,4,9-10,13-14H2,1-3H3. The first-order chi connectivity index (χ1) is 12.0. The monoisotopic (exact) mass is 342 g/mol. The van der Waals surface area contributed by atoms with Gasteiger partial charge < -0.3 is 19.3 Å². The van der Waals surface area contributed by atoms with Gasteiger partial charge in [0.1, 0.15) is 23.7 Å². The van der Waals surface area contributed by atoms with Crippen LogP contribution in [-0.2, 0) is 17.8 Å². The molecular formula is C21H26O4. The fraction of sp³-hybridized carbons (Fsp3) is 0.429. The zero-order chi connectivity index (χ0) is 17.9. The molecule has 25 heavy (non-hydrogen) atoms. The molecular weight excluding hydrogens is 316 g/mol. The molecule has 134 valence electrons. The molecule has 0 bridgehead atoms. The Hall–Kier alpha value is -2.04. The van der Waals surface area contributed by atoms with Gasteiger partial charge in [-0.15, -0.1) is 0 Å². The first-order valence-electron chi connectivity index (χ1n) is 8.79. The molecule has 0 saturated carbocycles. The van der Waals surface area contributed by atoms with Crippen LogP contribution in [-0.4, -0.2) is 30.5 Å². The molecule has 0 aliphatic carbocycles. The van der Waals surface area contributed by atoms with Gasteiger partial charge in [-0.05, 0) is 61.7 Å². The van der Waals surface area contributed by atoms with Crippen LogP contribution in [0.5, 0.6) is 11.5 Å². The summed E-state index contributed by atoms with van der Waals surface area (Å²) in [5.41, 5.74) is 3.93. The van der Waals surface area contributed by atoms with E-state index < -0.39 is 0 Å². The molecule has 1 heterocycles. The van der Waals surface area contributed by atoms with Crippen molar-refractivity contribution in [3.8, 4) is 22.6 Å². The summed E-state index contributed by atoms with van der Waals surface area (Å²) in [7, 11) is 0. The van der Waals surface area contributed by atoms with Crippen LogP contribution in [0, 0.1) is 0 Å². The van der Waals surface area contributed by atoms with Crippen molar-refractivity contribution in [2.45, 2.75) is 39.4 Å². The lowest BCUT2D eigenvalue weighted by molar-refractivity contribution is 0.110. The van der Waals surface area contributed by atoms with E-state index in [-0.39, 0.29) is 12.2 Å². The van der Waals surface area contributed by atoms with E-state index in [0.29, 0.717) is 19.8 Å². The van der Waals surface area contributed by atoms with Crippen molar-refractivity contribution in [3.05, 3.63) is 47.5 Å². The molecule has 4 heteroatoms. The topological polar surface area (TPSA) is 47.9 Å². The summed E-state index contributed by atoms with van der Waals surface area (Å²) in [4.78, 5) is 0. The maximum absolute atomic E-state index is 9.58. The minimum absolute atomic E-state index is 0.0271. The zero-order valence-corrected chi connectivity index (χ0v) is 15.2. The van der Waals surface area contributed by atoms with Gasteiger partial charge in [0.05, 0.1) is 13.2 Å². The van der Waals surface area contributed by atoms with E-state index in [4.69, 9.17) is 14.2 Å². The molecule has 0 atom stereocenters. The third-order valence-corrected chi connectivity index (χ3v) is 4.27. The molecule has 0 radical (unpaired) electrons. The van der Waals surface area contributed by atoms with E-state index in [1.54, 1.807) is 0 Å². The van der Waals surface area contributed by atoms with Crippen molar-refractivity contribution in [1.29, 1.82) is 0 Å². The highest BCUT2D eigenvalue weighted by molar-refractivity contribution is 5.74. The van der Waals surface area contributed by atoms with Crippen LogP contribution in [0.3, 0.4) is 0 Å². The summed E-state index contributed by atoms with van der Waals surface area (Å²) >= 11 is 0. The zero-order valence-electron chi connectivity index (χ0n) is 15.2. The molecule has 0 unspecified atom stereocenters. The Bertz CT molecular complexity index is 719. The van der Waals surface area contributed by atoms with Gasteiger partial charge in [0.25, 0.3) is 0 Å². The summed E-state index contributed by atoms with van der Waals surface area (Å²) in [6, 6.07) is 12.0. The maximum Gasteiger partial charge on any atom is 0.131 e. The minimum Gasteiger partial charge on any atom is -0.491 e. The van der Waals surface area contributed by atoms with Gasteiger partial charge in [-0.25, -0.2) is 0 Å². The predicted molar refractivity (Wildman–Crippen MR) is 98.2 cm³/mol. The van der Waals surface area contributed by atoms with E-state index in [1.165, 1.54) is 0 Å². The van der Waals surface area contributed by atoms with Gasteiger partial charge in [-0.3, -0.25) is 0 Å². The summed E-state index contributed by atoms with van der Waals surface area (Å²) in [5.74, 6) is 1.74. The lowest BCUT2D eigenvalue weighted by Gasteiger charge is -2.18. The summed E-state index contributed by atoms with van der Waals surface area (Å²) in [6.07, 6.45) is 0.849. The minimum atomic E-state index is -0.215. The van der Waals surface area contributed by atoms with Crippen molar-refractivity contribution in [2.24, 2.45) is 0 Å². The second-order valence-corrected chi connectivity index (χ2v) is 6.90. The maximum atomic E-state index is 9.58. The third kappa shape index (κ3) is 4.14. The number of ether oxygens (including phenoxy) is 3. The van der Waals surface area contributed by atoms with E-state index in [2.05, 4.69) is 13.8 Å². The van der Waals surface area contributed by atoms with Crippen LogP contribution in [0.15, 0.2) is 36.4 Å². The number of hydrogen-bond acceptors (Lipinski definition) is 4. The number of aliphatic hydroxyl groups excluding tert-OH is 1. The Kier molecular flexibility index (Phi) is 5.30. The quantitative estimate of drug-likeness (QED) is 0.773. The number of benzene rings is 2. The Morgan fingerprint density at radius 2 is 1.88 bits per heavy atom. The van der Waals surface area contributed by atoms with Crippen LogP contribution in [0.25, 0.3) is 11.1 Å². The van der Waals surface area contributed by atoms with Crippen molar-refractivity contribution in [1.82, 2.24) is 0 Å². The van der Waals surface area contributed by atoms with Gasteiger partial charge in [0, 0.05) is 18.6 Å². The second-order valence-electron chi connectivity index (χ2n) is 6.90. The highest BCUT2D eigenvalue weighted by atomic mass is 16.5. The Labute approximate surface area is 149 Å².